The van der Waals surface area contributed by atoms with Gasteiger partial charge in [-0.2, -0.15) is 0 Å². The van der Waals surface area contributed by atoms with E-state index in [4.69, 9.17) is 9.97 Å². The Hall–Kier alpha value is -2.27. The number of halogens is 3. The molecule has 2 heterocycles. The van der Waals surface area contributed by atoms with Crippen LogP contribution < -0.4 is 37.2 Å². The number of nitrogens with zero attached hydrogens (tertiary/aromatic N) is 2. The summed E-state index contributed by atoms with van der Waals surface area (Å²) in [5.41, 5.74) is 6.10. The predicted molar refractivity (Wildman–Crippen MR) is 111 cm³/mol. The van der Waals surface area contributed by atoms with Crippen molar-refractivity contribution in [3.05, 3.63) is 83.9 Å². The van der Waals surface area contributed by atoms with Gasteiger partial charge in [0, 0.05) is 11.1 Å². The number of hydrogen-bond acceptors (Lipinski definition) is 4. The predicted octanol–water partition coefficient (Wildman–Crippen LogP) is -3.48. The third-order valence-corrected chi connectivity index (χ3v) is 4.62. The van der Waals surface area contributed by atoms with Gasteiger partial charge < -0.3 is 47.4 Å². The Morgan fingerprint density at radius 3 is 1.22 bits per heavy atom. The van der Waals surface area contributed by atoms with Crippen LogP contribution >= 0.6 is 0 Å². The molecule has 0 atom stereocenters. The van der Waals surface area contributed by atoms with E-state index in [0.29, 0.717) is 33.9 Å². The molecule has 8 heteroatoms. The summed E-state index contributed by atoms with van der Waals surface area (Å²) in [6.07, 6.45) is 0. The molecule has 2 aromatic heterocycles. The molecule has 0 fully saturated rings. The smallest absolute Gasteiger partial charge is 1.00 e. The Balaban J connectivity index is 0.00000240. The number of phenolic OH excluding ortho intramolecular Hbond substituents is 2. The van der Waals surface area contributed by atoms with Crippen LogP contribution in [0.4, 0.5) is 0 Å². The minimum Gasteiger partial charge on any atom is -1.00 e. The van der Waals surface area contributed by atoms with E-state index >= 15 is 0 Å². The van der Waals surface area contributed by atoms with Crippen LogP contribution in [0.15, 0.2) is 72.8 Å². The van der Waals surface area contributed by atoms with Crippen molar-refractivity contribution in [2.45, 2.75) is 13.8 Å². The molecule has 0 saturated heterocycles. The molecule has 4 aromatic rings. The number of phenols is 2. The third kappa shape index (κ3) is 6.38. The first kappa shape index (κ1) is 29.7. The first-order valence-electron chi connectivity index (χ1n) is 9.06. The molecule has 2 N–H and O–H groups in total. The molecule has 4 nitrogen and oxygen atoms in total. The number of aryl methyl sites for hydroxylation is 2. The zero-order chi connectivity index (χ0) is 19.7. The second-order valence-corrected chi connectivity index (χ2v) is 6.86. The standard InChI is InChI=1S/C24H20N2O2.3ClH.Mn/c1-15-9-11-17(23(27)13-15)19-5-3-7-21(25-19)22-8-4-6-20(26-22)18-12-10-16(2)14-24(18)28;;;;/h3-14,27-28H,1-2H3;3*1H;/q;;;;+3/p-3. The Bertz CT molecular complexity index is 1100. The first-order chi connectivity index (χ1) is 13.5. The van der Waals surface area contributed by atoms with E-state index in [2.05, 4.69) is 0 Å². The molecule has 0 spiro atoms. The Labute approximate surface area is 216 Å². The molecule has 0 saturated carbocycles. The van der Waals surface area contributed by atoms with Crippen molar-refractivity contribution >= 4 is 0 Å². The largest absolute Gasteiger partial charge is 3.00 e. The summed E-state index contributed by atoms with van der Waals surface area (Å²) in [6, 6.07) is 22.4. The maximum atomic E-state index is 10.3. The van der Waals surface area contributed by atoms with Gasteiger partial charge in [0.05, 0.1) is 22.8 Å². The molecule has 0 unspecified atom stereocenters. The van der Waals surface area contributed by atoms with E-state index < -0.39 is 0 Å². The zero-order valence-corrected chi connectivity index (χ0v) is 20.7. The SMILES string of the molecule is Cc1ccc(-c2cccc(-c3cccc(-c4ccc(C)cc4O)n3)n2)c(O)c1.[Cl-].[Cl-].[Cl-].[Mn+3]. The van der Waals surface area contributed by atoms with E-state index in [1.807, 2.05) is 74.5 Å². The van der Waals surface area contributed by atoms with Crippen LogP contribution in [0, 0.1) is 13.8 Å². The molecule has 2 aromatic carbocycles. The number of benzene rings is 2. The maximum Gasteiger partial charge on any atom is 3.00 e. The molecule has 4 rings (SSSR count). The second kappa shape index (κ2) is 12.7. The van der Waals surface area contributed by atoms with Gasteiger partial charge in [0.1, 0.15) is 11.5 Å². The summed E-state index contributed by atoms with van der Waals surface area (Å²) in [7, 11) is 0. The summed E-state index contributed by atoms with van der Waals surface area (Å²) in [6.45, 7) is 3.87. The van der Waals surface area contributed by atoms with E-state index in [0.717, 1.165) is 11.1 Å². The van der Waals surface area contributed by atoms with Gasteiger partial charge in [-0.05, 0) is 73.5 Å². The normalized spacial score (nSPS) is 9.44. The van der Waals surface area contributed by atoms with Gasteiger partial charge in [0.15, 0.2) is 0 Å². The van der Waals surface area contributed by atoms with Crippen molar-refractivity contribution in [2.24, 2.45) is 0 Å². The first-order valence-corrected chi connectivity index (χ1v) is 9.06. The van der Waals surface area contributed by atoms with Gasteiger partial charge in [-0.3, -0.25) is 0 Å². The van der Waals surface area contributed by atoms with Crippen molar-refractivity contribution < 1.29 is 64.5 Å². The number of rotatable bonds is 3. The van der Waals surface area contributed by atoms with Crippen LogP contribution in [0.3, 0.4) is 0 Å². The third-order valence-electron chi connectivity index (χ3n) is 4.62. The molecule has 0 aliphatic rings. The summed E-state index contributed by atoms with van der Waals surface area (Å²) in [5, 5.41) is 20.5. The average Bonchev–Trinajstić information content (AvgIpc) is 2.68. The summed E-state index contributed by atoms with van der Waals surface area (Å²) < 4.78 is 0. The van der Waals surface area contributed by atoms with Crippen LogP contribution in [0.25, 0.3) is 33.9 Å². The van der Waals surface area contributed by atoms with Crippen LogP contribution in [0.2, 0.25) is 0 Å². The number of hydrogen-bond donors (Lipinski definition) is 2. The Kier molecular flexibility index (Phi) is 11.8. The molecule has 32 heavy (non-hydrogen) atoms. The fourth-order valence-electron chi connectivity index (χ4n) is 3.17. The Morgan fingerprint density at radius 1 is 0.531 bits per heavy atom. The maximum absolute atomic E-state index is 10.3. The molecule has 0 aliphatic heterocycles. The van der Waals surface area contributed by atoms with Crippen molar-refractivity contribution in [3.8, 4) is 45.4 Å². The van der Waals surface area contributed by atoms with Crippen molar-refractivity contribution in [3.63, 3.8) is 0 Å². The van der Waals surface area contributed by atoms with Crippen molar-refractivity contribution in [2.75, 3.05) is 0 Å². The van der Waals surface area contributed by atoms with Crippen LogP contribution in [-0.4, -0.2) is 20.2 Å². The second-order valence-electron chi connectivity index (χ2n) is 6.86. The van der Waals surface area contributed by atoms with Gasteiger partial charge in [-0.1, -0.05) is 24.3 Å². The summed E-state index contributed by atoms with van der Waals surface area (Å²) >= 11 is 0. The Morgan fingerprint density at radius 2 is 0.875 bits per heavy atom. The van der Waals surface area contributed by atoms with Crippen LogP contribution in [0.5, 0.6) is 11.5 Å². The van der Waals surface area contributed by atoms with E-state index in [-0.39, 0.29) is 65.8 Å². The number of aromatic hydroxyl groups is 2. The van der Waals surface area contributed by atoms with E-state index in [1.165, 1.54) is 0 Å². The van der Waals surface area contributed by atoms with Gasteiger partial charge in [0.2, 0.25) is 0 Å². The molecule has 166 valence electrons. The fourth-order valence-corrected chi connectivity index (χ4v) is 3.17. The molecule has 0 aliphatic carbocycles. The van der Waals surface area contributed by atoms with E-state index in [1.54, 1.807) is 12.1 Å². The van der Waals surface area contributed by atoms with Gasteiger partial charge >= 0.3 is 17.1 Å². The summed E-state index contributed by atoms with van der Waals surface area (Å²) in [5.74, 6) is 0.409. The molecule has 0 radical (unpaired) electrons. The molecule has 0 amide bonds. The quantitative estimate of drug-likeness (QED) is 0.271. The monoisotopic (exact) mass is 528 g/mol. The van der Waals surface area contributed by atoms with Gasteiger partial charge in [-0.25, -0.2) is 9.97 Å². The van der Waals surface area contributed by atoms with Crippen LogP contribution in [0.1, 0.15) is 11.1 Å². The average molecular weight is 530 g/mol. The zero-order valence-electron chi connectivity index (χ0n) is 17.2. The van der Waals surface area contributed by atoms with Crippen molar-refractivity contribution in [1.82, 2.24) is 9.97 Å². The molecule has 0 bridgehead atoms. The topological polar surface area (TPSA) is 66.2 Å². The van der Waals surface area contributed by atoms with Crippen LogP contribution in [-0.2, 0) is 17.1 Å². The van der Waals surface area contributed by atoms with Gasteiger partial charge in [-0.15, -0.1) is 0 Å². The van der Waals surface area contributed by atoms with Gasteiger partial charge in [0.25, 0.3) is 0 Å². The number of pyridine rings is 2. The van der Waals surface area contributed by atoms with E-state index in [9.17, 15) is 10.2 Å². The summed E-state index contributed by atoms with van der Waals surface area (Å²) in [4.78, 5) is 9.38. The minimum absolute atomic E-state index is 0. The minimum atomic E-state index is 0. The van der Waals surface area contributed by atoms with Crippen molar-refractivity contribution in [1.29, 1.82) is 0 Å². The molecular formula is C24H20Cl3MnN2O2. The molecular weight excluding hydrogens is 510 g/mol. The fraction of sp³-hybridized carbons (Fsp3) is 0.0833. The number of aromatic nitrogens is 2.